The van der Waals surface area contributed by atoms with E-state index in [1.165, 1.54) is 16.7 Å². The molecule has 128 valence electrons. The predicted molar refractivity (Wildman–Crippen MR) is 95.9 cm³/mol. The maximum absolute atomic E-state index is 5.55. The van der Waals surface area contributed by atoms with Crippen LogP contribution in [-0.4, -0.2) is 16.7 Å². The molecule has 0 saturated heterocycles. The highest BCUT2D eigenvalue weighted by molar-refractivity contribution is 5.85. The van der Waals surface area contributed by atoms with Crippen molar-refractivity contribution in [3.63, 3.8) is 0 Å². The van der Waals surface area contributed by atoms with Crippen LogP contribution in [0.3, 0.4) is 0 Å². The number of hydrogen-bond acceptors (Lipinski definition) is 5. The van der Waals surface area contributed by atoms with E-state index < -0.39 is 0 Å². The summed E-state index contributed by atoms with van der Waals surface area (Å²) in [5.41, 5.74) is 4.87. The lowest BCUT2D eigenvalue weighted by atomic mass is 9.96. The van der Waals surface area contributed by atoms with Gasteiger partial charge in [0.2, 0.25) is 11.7 Å². The minimum Gasteiger partial charge on any atom is -0.493 e. The van der Waals surface area contributed by atoms with Crippen molar-refractivity contribution in [1.29, 1.82) is 0 Å². The molecule has 0 aliphatic carbocycles. The SMILES string of the molecule is Cl.c1ccc2c(c1)CN[C@@H](c1nc(-c3ccc4c(c3)CCO4)no1)C2. The van der Waals surface area contributed by atoms with Gasteiger partial charge in [-0.3, -0.25) is 0 Å². The molecule has 0 radical (unpaired) electrons. The highest BCUT2D eigenvalue weighted by Gasteiger charge is 2.24. The van der Waals surface area contributed by atoms with Gasteiger partial charge in [0.05, 0.1) is 12.6 Å². The van der Waals surface area contributed by atoms with Gasteiger partial charge in [0.15, 0.2) is 0 Å². The molecule has 0 unspecified atom stereocenters. The fourth-order valence-electron chi connectivity index (χ4n) is 3.45. The van der Waals surface area contributed by atoms with Crippen LogP contribution < -0.4 is 10.1 Å². The third-order valence-electron chi connectivity index (χ3n) is 4.77. The van der Waals surface area contributed by atoms with Crippen LogP contribution in [0.5, 0.6) is 5.75 Å². The van der Waals surface area contributed by atoms with Crippen LogP contribution in [0.4, 0.5) is 0 Å². The predicted octanol–water partition coefficient (Wildman–Crippen LogP) is 3.48. The summed E-state index contributed by atoms with van der Waals surface area (Å²) in [5.74, 6) is 2.25. The fraction of sp³-hybridized carbons (Fsp3) is 0.263. The summed E-state index contributed by atoms with van der Waals surface area (Å²) < 4.78 is 11.1. The molecule has 5 nitrogen and oxygen atoms in total. The number of nitrogens with one attached hydrogen (secondary N) is 1. The summed E-state index contributed by atoms with van der Waals surface area (Å²) in [6.45, 7) is 1.58. The van der Waals surface area contributed by atoms with Gasteiger partial charge in [0.25, 0.3) is 0 Å². The number of rotatable bonds is 2. The van der Waals surface area contributed by atoms with Gasteiger partial charge in [-0.15, -0.1) is 12.4 Å². The summed E-state index contributed by atoms with van der Waals surface area (Å²) in [4.78, 5) is 4.62. The number of nitrogens with zero attached hydrogens (tertiary/aromatic N) is 2. The summed E-state index contributed by atoms with van der Waals surface area (Å²) >= 11 is 0. The first-order valence-corrected chi connectivity index (χ1v) is 8.27. The Balaban J connectivity index is 0.00000157. The first-order chi connectivity index (χ1) is 11.9. The molecular formula is C19H18ClN3O2. The Morgan fingerprint density at radius 3 is 2.84 bits per heavy atom. The second kappa shape index (κ2) is 6.50. The van der Waals surface area contributed by atoms with Crippen LogP contribution in [0.15, 0.2) is 47.0 Å². The van der Waals surface area contributed by atoms with E-state index in [0.717, 1.165) is 37.3 Å². The molecule has 0 fully saturated rings. The van der Waals surface area contributed by atoms with Crippen molar-refractivity contribution < 1.29 is 9.26 Å². The standard InChI is InChI=1S/C19H17N3O2.ClH/c1-2-4-15-11-20-16(10-12(15)3-1)19-21-18(22-24-19)14-5-6-17-13(9-14)7-8-23-17;/h1-6,9,16,20H,7-8,10-11H2;1H/t16-;/m1./s1. The molecule has 1 atom stereocenters. The number of hydrogen-bond donors (Lipinski definition) is 1. The molecule has 2 aromatic carbocycles. The maximum Gasteiger partial charge on any atom is 0.244 e. The quantitative estimate of drug-likeness (QED) is 0.762. The topological polar surface area (TPSA) is 60.2 Å². The average molecular weight is 356 g/mol. The van der Waals surface area contributed by atoms with Crippen molar-refractivity contribution >= 4 is 12.4 Å². The molecule has 0 bridgehead atoms. The lowest BCUT2D eigenvalue weighted by molar-refractivity contribution is 0.321. The zero-order valence-electron chi connectivity index (χ0n) is 13.6. The third kappa shape index (κ3) is 2.90. The molecule has 25 heavy (non-hydrogen) atoms. The Morgan fingerprint density at radius 1 is 1.04 bits per heavy atom. The monoisotopic (exact) mass is 355 g/mol. The Bertz CT molecular complexity index is 909. The van der Waals surface area contributed by atoms with Gasteiger partial charge < -0.3 is 14.6 Å². The van der Waals surface area contributed by atoms with Gasteiger partial charge in [-0.2, -0.15) is 4.98 Å². The molecule has 2 aliphatic rings. The van der Waals surface area contributed by atoms with E-state index >= 15 is 0 Å². The smallest absolute Gasteiger partial charge is 0.244 e. The molecule has 1 aromatic heterocycles. The summed E-state index contributed by atoms with van der Waals surface area (Å²) in [6.07, 6.45) is 1.81. The van der Waals surface area contributed by atoms with E-state index in [-0.39, 0.29) is 18.4 Å². The second-order valence-corrected chi connectivity index (χ2v) is 6.28. The van der Waals surface area contributed by atoms with E-state index in [0.29, 0.717) is 11.7 Å². The van der Waals surface area contributed by atoms with E-state index in [1.807, 2.05) is 12.1 Å². The van der Waals surface area contributed by atoms with Crippen LogP contribution in [-0.2, 0) is 19.4 Å². The van der Waals surface area contributed by atoms with Crippen LogP contribution in [0.1, 0.15) is 28.6 Å². The molecule has 6 heteroatoms. The van der Waals surface area contributed by atoms with Crippen molar-refractivity contribution in [1.82, 2.24) is 15.5 Å². The lowest BCUT2D eigenvalue weighted by Crippen LogP contribution is -2.28. The normalized spacial score (nSPS) is 18.0. The molecular weight excluding hydrogens is 338 g/mol. The molecule has 5 rings (SSSR count). The second-order valence-electron chi connectivity index (χ2n) is 6.28. The molecule has 3 aromatic rings. The summed E-state index contributed by atoms with van der Waals surface area (Å²) in [6, 6.07) is 14.6. The largest absolute Gasteiger partial charge is 0.493 e. The Kier molecular flexibility index (Phi) is 4.19. The summed E-state index contributed by atoms with van der Waals surface area (Å²) in [5, 5.41) is 7.66. The van der Waals surface area contributed by atoms with Crippen molar-refractivity contribution in [2.45, 2.75) is 25.4 Å². The molecule has 3 heterocycles. The molecule has 2 aliphatic heterocycles. The van der Waals surface area contributed by atoms with Crippen molar-refractivity contribution in [2.24, 2.45) is 0 Å². The number of ether oxygens (including phenoxy) is 1. The zero-order chi connectivity index (χ0) is 15.9. The minimum atomic E-state index is 0. The number of halogens is 1. The van der Waals surface area contributed by atoms with Gasteiger partial charge in [0, 0.05) is 18.5 Å². The van der Waals surface area contributed by atoms with E-state index in [1.54, 1.807) is 0 Å². The Morgan fingerprint density at radius 2 is 1.92 bits per heavy atom. The first kappa shape index (κ1) is 16.1. The molecule has 1 N–H and O–H groups in total. The minimum absolute atomic E-state index is 0. The average Bonchev–Trinajstić information content (AvgIpc) is 3.30. The van der Waals surface area contributed by atoms with Gasteiger partial charge >= 0.3 is 0 Å². The molecule has 0 saturated carbocycles. The number of fused-ring (bicyclic) bond motifs is 2. The number of aromatic nitrogens is 2. The summed E-state index contributed by atoms with van der Waals surface area (Å²) in [7, 11) is 0. The molecule has 0 spiro atoms. The fourth-order valence-corrected chi connectivity index (χ4v) is 3.45. The highest BCUT2D eigenvalue weighted by Crippen LogP contribution is 2.30. The van der Waals surface area contributed by atoms with E-state index in [2.05, 4.69) is 45.8 Å². The van der Waals surface area contributed by atoms with Gasteiger partial charge in [-0.1, -0.05) is 29.4 Å². The highest BCUT2D eigenvalue weighted by atomic mass is 35.5. The van der Waals surface area contributed by atoms with Crippen LogP contribution in [0, 0.1) is 0 Å². The van der Waals surface area contributed by atoms with Crippen molar-refractivity contribution in [3.05, 3.63) is 65.0 Å². The van der Waals surface area contributed by atoms with E-state index in [9.17, 15) is 0 Å². The van der Waals surface area contributed by atoms with Crippen molar-refractivity contribution in [2.75, 3.05) is 6.61 Å². The zero-order valence-corrected chi connectivity index (χ0v) is 14.4. The van der Waals surface area contributed by atoms with Crippen LogP contribution >= 0.6 is 12.4 Å². The lowest BCUT2D eigenvalue weighted by Gasteiger charge is -2.23. The number of benzene rings is 2. The maximum atomic E-state index is 5.55. The molecule has 0 amide bonds. The first-order valence-electron chi connectivity index (χ1n) is 8.27. The van der Waals surface area contributed by atoms with Crippen LogP contribution in [0.25, 0.3) is 11.4 Å². The van der Waals surface area contributed by atoms with Crippen LogP contribution in [0.2, 0.25) is 0 Å². The van der Waals surface area contributed by atoms with Crippen molar-refractivity contribution in [3.8, 4) is 17.1 Å². The van der Waals surface area contributed by atoms with E-state index in [4.69, 9.17) is 9.26 Å². The Hall–Kier alpha value is -2.37. The van der Waals surface area contributed by atoms with Gasteiger partial charge in [-0.05, 0) is 41.3 Å². The van der Waals surface area contributed by atoms with Gasteiger partial charge in [-0.25, -0.2) is 0 Å². The third-order valence-corrected chi connectivity index (χ3v) is 4.77. The Labute approximate surface area is 151 Å². The van der Waals surface area contributed by atoms with Gasteiger partial charge in [0.1, 0.15) is 5.75 Å².